The van der Waals surface area contributed by atoms with Gasteiger partial charge in [0.05, 0.1) is 27.6 Å². The summed E-state index contributed by atoms with van der Waals surface area (Å²) in [4.78, 5) is 20.9. The van der Waals surface area contributed by atoms with Crippen molar-refractivity contribution in [2.45, 2.75) is 46.5 Å². The average Bonchev–Trinajstić information content (AvgIpc) is 3.39. The largest absolute Gasteiger partial charge is 0.490 e. The number of nitro groups is 1. The Morgan fingerprint density at radius 3 is 2.59 bits per heavy atom. The number of nitro benzene ring substituents is 1. The summed E-state index contributed by atoms with van der Waals surface area (Å²) in [5.41, 5.74) is 5.65. The summed E-state index contributed by atoms with van der Waals surface area (Å²) < 4.78 is 61.6. The summed E-state index contributed by atoms with van der Waals surface area (Å²) >= 11 is 0.871. The van der Waals surface area contributed by atoms with Gasteiger partial charge in [0.15, 0.2) is 32.4 Å². The fraction of sp³-hybridized carbons (Fsp3) is 0.296. The number of nitrogens with one attached hydrogen (secondary N) is 2. The maximum atomic E-state index is 15.4. The number of aromatic amines is 1. The summed E-state index contributed by atoms with van der Waals surface area (Å²) in [7, 11) is -2.77. The van der Waals surface area contributed by atoms with E-state index in [4.69, 9.17) is 10.5 Å². The van der Waals surface area contributed by atoms with E-state index in [9.17, 15) is 22.9 Å². The molecule has 0 spiro atoms. The smallest absolute Gasteiger partial charge is 0.305 e. The van der Waals surface area contributed by atoms with Crippen molar-refractivity contribution < 1.29 is 26.9 Å². The molecule has 2 aromatic heterocycles. The number of aryl methyl sites for hydroxylation is 1. The van der Waals surface area contributed by atoms with Crippen LogP contribution in [0.15, 0.2) is 57.4 Å². The van der Waals surface area contributed by atoms with Gasteiger partial charge in [0.1, 0.15) is 5.82 Å². The molecule has 0 bridgehead atoms. The lowest BCUT2D eigenvalue weighted by atomic mass is 10.1. The van der Waals surface area contributed by atoms with Gasteiger partial charge in [0.25, 0.3) is 0 Å². The first-order valence-corrected chi connectivity index (χ1v) is 15.8. The number of H-pyrrole nitrogens is 1. The third-order valence-corrected chi connectivity index (χ3v) is 9.47. The number of hydrogen-bond acceptors (Lipinski definition) is 12. The van der Waals surface area contributed by atoms with E-state index >= 15 is 4.39 Å². The Kier molecular flexibility index (Phi) is 8.98. The lowest BCUT2D eigenvalue weighted by Crippen LogP contribution is -2.40. The van der Waals surface area contributed by atoms with Crippen LogP contribution in [-0.4, -0.2) is 59.7 Å². The maximum absolute atomic E-state index is 15.4. The fourth-order valence-electron chi connectivity index (χ4n) is 4.63. The second-order valence-electron chi connectivity index (χ2n) is 10.1. The van der Waals surface area contributed by atoms with Crippen molar-refractivity contribution in [3.8, 4) is 5.75 Å². The zero-order chi connectivity index (χ0) is 31.6. The molecule has 4 aromatic rings. The number of halogens is 2. The van der Waals surface area contributed by atoms with Crippen LogP contribution in [0.25, 0.3) is 0 Å². The minimum absolute atomic E-state index is 0.0313. The molecule has 0 saturated carbocycles. The minimum atomic E-state index is -4.26. The number of rotatable bonds is 10. The molecule has 232 valence electrons. The first-order chi connectivity index (χ1) is 20.9. The molecular formula is C27H28F2N8O5S2. The third kappa shape index (κ3) is 6.74. The molecule has 13 nitrogen and oxygen atoms in total. The molecule has 4 N–H and O–H groups in total. The van der Waals surface area contributed by atoms with E-state index in [1.54, 1.807) is 6.07 Å². The molecule has 0 aliphatic carbocycles. The molecule has 17 heteroatoms. The molecular weight excluding hydrogens is 618 g/mol. The van der Waals surface area contributed by atoms with Gasteiger partial charge in [-0.05, 0) is 49.7 Å². The highest BCUT2D eigenvalue weighted by atomic mass is 32.2. The van der Waals surface area contributed by atoms with Gasteiger partial charge in [-0.2, -0.15) is 9.49 Å². The van der Waals surface area contributed by atoms with Gasteiger partial charge in [-0.3, -0.25) is 15.2 Å². The number of aromatic nitrogens is 4. The van der Waals surface area contributed by atoms with Crippen molar-refractivity contribution in [3.05, 3.63) is 75.5 Å². The van der Waals surface area contributed by atoms with Crippen molar-refractivity contribution in [1.29, 1.82) is 0 Å². The van der Waals surface area contributed by atoms with Gasteiger partial charge in [0.2, 0.25) is 11.6 Å². The molecule has 5 rings (SSSR count). The zero-order valence-corrected chi connectivity index (χ0v) is 25.2. The molecule has 0 radical (unpaired) electrons. The van der Waals surface area contributed by atoms with E-state index in [0.717, 1.165) is 48.5 Å². The number of methoxy groups -OCH3 is 1. The van der Waals surface area contributed by atoms with Gasteiger partial charge >= 0.3 is 5.69 Å². The topological polar surface area (TPSA) is 182 Å². The first kappa shape index (κ1) is 31.1. The predicted octanol–water partition coefficient (Wildman–Crippen LogP) is 4.50. The van der Waals surface area contributed by atoms with Gasteiger partial charge in [-0.15, -0.1) is 0 Å². The molecule has 0 amide bonds. The standard InChI is InChI=1S/C27H28F2N8O5S2/c1-15-12-22(35-34-15)31-25-24(42-2)26(36-10-8-17(30)9-11-36)33-27(32-25)43-21-7-6-18(13-19(21)28)44(40,41)14-16-4-3-5-20(23(16)29)37(38)39/h3-7,12-13,17H,8-11,14,30H2,1-2H3,(H2,31,32,33,34,35). The number of benzene rings is 2. The summed E-state index contributed by atoms with van der Waals surface area (Å²) in [6.45, 7) is 3.07. The van der Waals surface area contributed by atoms with E-state index in [0.29, 0.717) is 36.3 Å². The van der Waals surface area contributed by atoms with Gasteiger partial charge in [0, 0.05) is 42.5 Å². The van der Waals surface area contributed by atoms with Crippen molar-refractivity contribution in [3.63, 3.8) is 0 Å². The average molecular weight is 647 g/mol. The highest BCUT2D eigenvalue weighted by Crippen LogP contribution is 2.39. The molecule has 1 fully saturated rings. The molecule has 1 saturated heterocycles. The molecule has 0 unspecified atom stereocenters. The van der Waals surface area contributed by atoms with E-state index in [-0.39, 0.29) is 16.1 Å². The Morgan fingerprint density at radius 1 is 1.20 bits per heavy atom. The molecule has 1 aliphatic rings. The Hall–Kier alpha value is -4.35. The van der Waals surface area contributed by atoms with Crippen molar-refractivity contribution in [1.82, 2.24) is 20.2 Å². The van der Waals surface area contributed by atoms with Crippen LogP contribution in [0.2, 0.25) is 0 Å². The molecule has 3 heterocycles. The SMILES string of the molecule is COc1c(Nc2cc(C)[nH]n2)nc(Sc2ccc(S(=O)(=O)Cc3cccc([N+](=O)[O-])c3F)cc2F)nc1N1CCC(N)CC1. The number of nitrogens with zero attached hydrogens (tertiary/aromatic N) is 5. The highest BCUT2D eigenvalue weighted by Gasteiger charge is 2.27. The highest BCUT2D eigenvalue weighted by molar-refractivity contribution is 7.99. The van der Waals surface area contributed by atoms with E-state index in [1.165, 1.54) is 25.3 Å². The predicted molar refractivity (Wildman–Crippen MR) is 159 cm³/mol. The minimum Gasteiger partial charge on any atom is -0.490 e. The van der Waals surface area contributed by atoms with Crippen LogP contribution in [0.4, 0.5) is 31.9 Å². The number of anilines is 3. The first-order valence-electron chi connectivity index (χ1n) is 13.3. The van der Waals surface area contributed by atoms with Gasteiger partial charge < -0.3 is 20.7 Å². The van der Waals surface area contributed by atoms with Gasteiger partial charge in [-0.1, -0.05) is 12.1 Å². The molecule has 0 atom stereocenters. The van der Waals surface area contributed by atoms with Crippen molar-refractivity contribution in [2.75, 3.05) is 30.4 Å². The fourth-order valence-corrected chi connectivity index (χ4v) is 6.74. The maximum Gasteiger partial charge on any atom is 0.305 e. The Labute approximate surface area is 255 Å². The molecule has 44 heavy (non-hydrogen) atoms. The number of piperidine rings is 1. The van der Waals surface area contributed by atoms with Crippen LogP contribution >= 0.6 is 11.8 Å². The van der Waals surface area contributed by atoms with Crippen LogP contribution in [0.3, 0.4) is 0 Å². The second-order valence-corrected chi connectivity index (χ2v) is 13.1. The van der Waals surface area contributed by atoms with Crippen LogP contribution in [0.5, 0.6) is 5.75 Å². The Bertz CT molecular complexity index is 1810. The molecule has 1 aliphatic heterocycles. The van der Waals surface area contributed by atoms with Crippen LogP contribution in [0.1, 0.15) is 24.1 Å². The van der Waals surface area contributed by atoms with Crippen LogP contribution in [-0.2, 0) is 15.6 Å². The zero-order valence-electron chi connectivity index (χ0n) is 23.6. The van der Waals surface area contributed by atoms with Crippen molar-refractivity contribution in [2.24, 2.45) is 5.73 Å². The van der Waals surface area contributed by atoms with E-state index in [2.05, 4.69) is 25.5 Å². The number of sulfone groups is 1. The normalized spacial score (nSPS) is 14.1. The summed E-state index contributed by atoms with van der Waals surface area (Å²) in [5, 5.41) is 21.3. The second kappa shape index (κ2) is 12.7. The lowest BCUT2D eigenvalue weighted by molar-refractivity contribution is -0.387. The molecule has 2 aromatic carbocycles. The lowest BCUT2D eigenvalue weighted by Gasteiger charge is -2.32. The third-order valence-electron chi connectivity index (χ3n) is 6.89. The van der Waals surface area contributed by atoms with Crippen LogP contribution < -0.4 is 20.7 Å². The Morgan fingerprint density at radius 2 is 1.95 bits per heavy atom. The summed E-state index contributed by atoms with van der Waals surface area (Å²) in [5.74, 6) is -1.42. The quantitative estimate of drug-likeness (QED) is 0.125. The Balaban J connectivity index is 1.45. The van der Waals surface area contributed by atoms with Gasteiger partial charge in [-0.25, -0.2) is 22.8 Å². The summed E-state index contributed by atoms with van der Waals surface area (Å²) in [6.07, 6.45) is 1.48. The van der Waals surface area contributed by atoms with E-state index < -0.39 is 48.3 Å². The van der Waals surface area contributed by atoms with Crippen LogP contribution in [0, 0.1) is 28.7 Å². The number of ether oxygens (including phenoxy) is 1. The van der Waals surface area contributed by atoms with Crippen molar-refractivity contribution >= 4 is 44.7 Å². The van der Waals surface area contributed by atoms with E-state index in [1.807, 2.05) is 11.8 Å². The number of nitrogens with two attached hydrogens (primary N) is 1. The number of hydrogen-bond donors (Lipinski definition) is 3. The summed E-state index contributed by atoms with van der Waals surface area (Å²) in [6, 6.07) is 8.33. The monoisotopic (exact) mass is 646 g/mol.